The van der Waals surface area contributed by atoms with Crippen LogP contribution in [0.5, 0.6) is 0 Å². The van der Waals surface area contributed by atoms with E-state index < -0.39 is 11.9 Å². The third-order valence-corrected chi connectivity index (χ3v) is 2.96. The van der Waals surface area contributed by atoms with Crippen molar-refractivity contribution in [3.05, 3.63) is 35.6 Å². The van der Waals surface area contributed by atoms with Crippen LogP contribution in [-0.4, -0.2) is 24.3 Å². The summed E-state index contributed by atoms with van der Waals surface area (Å²) >= 11 is 0. The van der Waals surface area contributed by atoms with E-state index in [0.717, 1.165) is 6.42 Å². The van der Waals surface area contributed by atoms with E-state index in [4.69, 9.17) is 4.74 Å². The second-order valence-electron chi connectivity index (χ2n) is 5.03. The summed E-state index contributed by atoms with van der Waals surface area (Å²) in [4.78, 5) is 11.2. The third kappa shape index (κ3) is 5.83. The van der Waals surface area contributed by atoms with Crippen LogP contribution >= 0.6 is 0 Å². The summed E-state index contributed by atoms with van der Waals surface area (Å²) in [5.74, 6) is -1.33. The number of carboxylic acids is 1. The van der Waals surface area contributed by atoms with Crippen LogP contribution in [0.4, 0.5) is 4.39 Å². The summed E-state index contributed by atoms with van der Waals surface area (Å²) in [6.07, 6.45) is 1.37. The highest BCUT2D eigenvalue weighted by atomic mass is 19.1. The molecule has 1 aromatic carbocycles. The molecular formula is C15H21FO3. The molecule has 0 saturated heterocycles. The maximum absolute atomic E-state index is 12.8. The molecule has 0 spiro atoms. The minimum Gasteiger partial charge on any atom is -0.481 e. The summed E-state index contributed by atoms with van der Waals surface area (Å²) in [5.41, 5.74) is 0.612. The number of carbonyl (C=O) groups is 1. The molecule has 0 aliphatic carbocycles. The maximum atomic E-state index is 12.8. The van der Waals surface area contributed by atoms with Gasteiger partial charge in [0.25, 0.3) is 0 Å². The Labute approximate surface area is 113 Å². The Morgan fingerprint density at radius 2 is 1.79 bits per heavy atom. The lowest BCUT2D eigenvalue weighted by molar-refractivity contribution is -0.139. The van der Waals surface area contributed by atoms with Crippen molar-refractivity contribution in [1.82, 2.24) is 0 Å². The van der Waals surface area contributed by atoms with Crippen LogP contribution in [0.15, 0.2) is 24.3 Å². The number of carboxylic acid groups (broad SMARTS) is 1. The van der Waals surface area contributed by atoms with Gasteiger partial charge >= 0.3 is 5.97 Å². The topological polar surface area (TPSA) is 46.5 Å². The molecule has 0 radical (unpaired) electrons. The number of halogens is 1. The van der Waals surface area contributed by atoms with Crippen molar-refractivity contribution in [2.75, 3.05) is 13.2 Å². The molecule has 1 aromatic rings. The lowest BCUT2D eigenvalue weighted by Crippen LogP contribution is -2.14. The summed E-state index contributed by atoms with van der Waals surface area (Å²) < 4.78 is 18.2. The van der Waals surface area contributed by atoms with Crippen LogP contribution in [0.3, 0.4) is 0 Å². The predicted octanol–water partition coefficient (Wildman–Crippen LogP) is 3.45. The minimum atomic E-state index is -0.904. The van der Waals surface area contributed by atoms with Crippen molar-refractivity contribution < 1.29 is 19.0 Å². The van der Waals surface area contributed by atoms with Gasteiger partial charge in [-0.25, -0.2) is 4.39 Å². The SMILES string of the molecule is CC(C)CCOCCC(C(=O)O)c1ccc(F)cc1. The first-order chi connectivity index (χ1) is 9.00. The Kier molecular flexibility index (Phi) is 6.50. The summed E-state index contributed by atoms with van der Waals surface area (Å²) in [5, 5.41) is 9.19. The molecule has 3 nitrogen and oxygen atoms in total. The van der Waals surface area contributed by atoms with Crippen molar-refractivity contribution in [2.24, 2.45) is 5.92 Å². The number of ether oxygens (including phenoxy) is 1. The molecule has 0 bridgehead atoms. The highest BCUT2D eigenvalue weighted by molar-refractivity contribution is 5.76. The molecule has 1 unspecified atom stereocenters. The van der Waals surface area contributed by atoms with Gasteiger partial charge in [-0.2, -0.15) is 0 Å². The van der Waals surface area contributed by atoms with Crippen LogP contribution in [0.25, 0.3) is 0 Å². The zero-order chi connectivity index (χ0) is 14.3. The second-order valence-corrected chi connectivity index (χ2v) is 5.03. The van der Waals surface area contributed by atoms with Gasteiger partial charge in [-0.15, -0.1) is 0 Å². The molecule has 4 heteroatoms. The standard InChI is InChI=1S/C15H21FO3/c1-11(2)7-9-19-10-8-14(15(17)18)12-3-5-13(16)6-4-12/h3-6,11,14H,7-10H2,1-2H3,(H,17,18). The van der Waals surface area contributed by atoms with Gasteiger partial charge in [0.2, 0.25) is 0 Å². The van der Waals surface area contributed by atoms with E-state index in [1.165, 1.54) is 24.3 Å². The summed E-state index contributed by atoms with van der Waals surface area (Å²) in [6.45, 7) is 5.28. The quantitative estimate of drug-likeness (QED) is 0.734. The largest absolute Gasteiger partial charge is 0.481 e. The molecular weight excluding hydrogens is 247 g/mol. The van der Waals surface area contributed by atoms with E-state index in [9.17, 15) is 14.3 Å². The Bertz CT molecular complexity index is 387. The van der Waals surface area contributed by atoms with Gasteiger partial charge in [0.15, 0.2) is 0 Å². The normalized spacial score (nSPS) is 12.6. The van der Waals surface area contributed by atoms with Gasteiger partial charge in [-0.3, -0.25) is 4.79 Å². The van der Waals surface area contributed by atoms with E-state index in [2.05, 4.69) is 13.8 Å². The number of hydrogen-bond donors (Lipinski definition) is 1. The van der Waals surface area contributed by atoms with Gasteiger partial charge in [0.05, 0.1) is 5.92 Å². The molecule has 0 saturated carbocycles. The fourth-order valence-corrected chi connectivity index (χ4v) is 1.75. The lowest BCUT2D eigenvalue weighted by atomic mass is 9.96. The molecule has 1 rings (SSSR count). The molecule has 19 heavy (non-hydrogen) atoms. The van der Waals surface area contributed by atoms with Crippen LogP contribution in [0, 0.1) is 11.7 Å². The Morgan fingerprint density at radius 1 is 1.21 bits per heavy atom. The summed E-state index contributed by atoms with van der Waals surface area (Å²) in [7, 11) is 0. The van der Waals surface area contributed by atoms with Crippen molar-refractivity contribution in [1.29, 1.82) is 0 Å². The molecule has 0 heterocycles. The van der Waals surface area contributed by atoms with Gasteiger partial charge < -0.3 is 9.84 Å². The lowest BCUT2D eigenvalue weighted by Gasteiger charge is -2.13. The van der Waals surface area contributed by atoms with E-state index in [0.29, 0.717) is 31.1 Å². The first-order valence-electron chi connectivity index (χ1n) is 6.56. The number of hydrogen-bond acceptors (Lipinski definition) is 2. The highest BCUT2D eigenvalue weighted by Crippen LogP contribution is 2.20. The molecule has 106 valence electrons. The average molecular weight is 268 g/mol. The van der Waals surface area contributed by atoms with Crippen LogP contribution in [0.1, 0.15) is 38.2 Å². The van der Waals surface area contributed by atoms with E-state index >= 15 is 0 Å². The monoisotopic (exact) mass is 268 g/mol. The van der Waals surface area contributed by atoms with E-state index in [-0.39, 0.29) is 5.82 Å². The zero-order valence-corrected chi connectivity index (χ0v) is 11.4. The molecule has 1 N–H and O–H groups in total. The minimum absolute atomic E-state index is 0.360. The fourth-order valence-electron chi connectivity index (χ4n) is 1.75. The van der Waals surface area contributed by atoms with Crippen molar-refractivity contribution in [3.8, 4) is 0 Å². The molecule has 0 aromatic heterocycles. The van der Waals surface area contributed by atoms with Crippen molar-refractivity contribution in [3.63, 3.8) is 0 Å². The first kappa shape index (κ1) is 15.6. The van der Waals surface area contributed by atoms with Crippen LogP contribution < -0.4 is 0 Å². The maximum Gasteiger partial charge on any atom is 0.311 e. The van der Waals surface area contributed by atoms with Gasteiger partial charge in [0.1, 0.15) is 5.82 Å². The Hall–Kier alpha value is -1.42. The first-order valence-corrected chi connectivity index (χ1v) is 6.56. The molecule has 1 atom stereocenters. The fraction of sp³-hybridized carbons (Fsp3) is 0.533. The van der Waals surface area contributed by atoms with E-state index in [1.54, 1.807) is 0 Å². The Morgan fingerprint density at radius 3 is 2.32 bits per heavy atom. The number of rotatable bonds is 8. The zero-order valence-electron chi connectivity index (χ0n) is 11.4. The van der Waals surface area contributed by atoms with Crippen molar-refractivity contribution in [2.45, 2.75) is 32.6 Å². The molecule has 0 amide bonds. The van der Waals surface area contributed by atoms with Crippen molar-refractivity contribution >= 4 is 5.97 Å². The number of benzene rings is 1. The third-order valence-electron chi connectivity index (χ3n) is 2.96. The Balaban J connectivity index is 2.45. The average Bonchev–Trinajstić information content (AvgIpc) is 2.34. The smallest absolute Gasteiger partial charge is 0.311 e. The second kappa shape index (κ2) is 7.89. The van der Waals surface area contributed by atoms with Gasteiger partial charge in [0, 0.05) is 13.2 Å². The van der Waals surface area contributed by atoms with E-state index in [1.807, 2.05) is 0 Å². The molecule has 0 fully saturated rings. The van der Waals surface area contributed by atoms with Gasteiger partial charge in [-0.05, 0) is 36.5 Å². The molecule has 0 aliphatic rings. The van der Waals surface area contributed by atoms with Crippen LogP contribution in [-0.2, 0) is 9.53 Å². The predicted molar refractivity (Wildman–Crippen MR) is 71.7 cm³/mol. The van der Waals surface area contributed by atoms with Gasteiger partial charge in [-0.1, -0.05) is 26.0 Å². The summed E-state index contributed by atoms with van der Waals surface area (Å²) in [6, 6.07) is 5.60. The number of aliphatic carboxylic acids is 1. The highest BCUT2D eigenvalue weighted by Gasteiger charge is 2.19. The van der Waals surface area contributed by atoms with Crippen LogP contribution in [0.2, 0.25) is 0 Å². The molecule has 0 aliphatic heterocycles.